The molecular formula is C26H28F4N4O4S. The second-order valence-electron chi connectivity index (χ2n) is 10.1. The number of aromatic amines is 1. The first kappa shape index (κ1) is 27.4. The van der Waals surface area contributed by atoms with Crippen LogP contribution in [0.4, 0.5) is 17.6 Å². The Morgan fingerprint density at radius 2 is 1.64 bits per heavy atom. The maximum Gasteiger partial charge on any atom is 0.573 e. The molecule has 0 radical (unpaired) electrons. The summed E-state index contributed by atoms with van der Waals surface area (Å²) in [6.07, 6.45) is -0.0571. The number of sulfonamides is 1. The highest BCUT2D eigenvalue weighted by atomic mass is 32.2. The number of piperidine rings is 2. The number of fused-ring (bicyclic) bond motifs is 1. The maximum absolute atomic E-state index is 15.1. The number of halogens is 4. The Morgan fingerprint density at radius 1 is 1.03 bits per heavy atom. The summed E-state index contributed by atoms with van der Waals surface area (Å²) in [5, 5.41) is 0.695. The summed E-state index contributed by atoms with van der Waals surface area (Å²) in [5.74, 6) is -1.15. The molecule has 2 aliphatic rings. The number of aromatic nitrogens is 2. The summed E-state index contributed by atoms with van der Waals surface area (Å²) < 4.78 is 81.3. The second kappa shape index (κ2) is 10.4. The number of carbonyl (C=O) groups is 1. The zero-order chi connectivity index (χ0) is 27.9. The summed E-state index contributed by atoms with van der Waals surface area (Å²) in [7, 11) is -3.23. The van der Waals surface area contributed by atoms with Gasteiger partial charge in [-0.25, -0.2) is 22.1 Å². The van der Waals surface area contributed by atoms with Gasteiger partial charge in [-0.3, -0.25) is 4.79 Å². The van der Waals surface area contributed by atoms with Gasteiger partial charge in [0.15, 0.2) is 0 Å². The van der Waals surface area contributed by atoms with Crippen molar-refractivity contribution in [1.82, 2.24) is 19.2 Å². The molecular weight excluding hydrogens is 540 g/mol. The quantitative estimate of drug-likeness (QED) is 0.448. The van der Waals surface area contributed by atoms with Gasteiger partial charge in [-0.15, -0.1) is 13.2 Å². The molecule has 2 aromatic heterocycles. The van der Waals surface area contributed by atoms with Gasteiger partial charge in [-0.2, -0.15) is 0 Å². The number of nitrogens with zero attached hydrogens (tertiary/aromatic N) is 3. The summed E-state index contributed by atoms with van der Waals surface area (Å²) in [4.78, 5) is 22.1. The van der Waals surface area contributed by atoms with Crippen LogP contribution in [0.1, 0.15) is 59.1 Å². The van der Waals surface area contributed by atoms with Crippen LogP contribution >= 0.6 is 0 Å². The van der Waals surface area contributed by atoms with Crippen molar-refractivity contribution in [2.75, 3.05) is 32.4 Å². The third-order valence-electron chi connectivity index (χ3n) is 7.56. The Balaban J connectivity index is 1.27. The van der Waals surface area contributed by atoms with Gasteiger partial charge in [-0.1, -0.05) is 0 Å². The minimum absolute atomic E-state index is 0.112. The normalized spacial score (nSPS) is 18.5. The van der Waals surface area contributed by atoms with Crippen LogP contribution in [-0.4, -0.2) is 72.3 Å². The highest BCUT2D eigenvalue weighted by molar-refractivity contribution is 7.88. The molecule has 0 unspecified atom stereocenters. The van der Waals surface area contributed by atoms with E-state index >= 15 is 4.39 Å². The molecule has 0 aliphatic carbocycles. The van der Waals surface area contributed by atoms with Crippen LogP contribution in [0.2, 0.25) is 0 Å². The Labute approximate surface area is 223 Å². The van der Waals surface area contributed by atoms with Crippen molar-refractivity contribution in [3.05, 3.63) is 59.2 Å². The summed E-state index contributed by atoms with van der Waals surface area (Å²) in [6.45, 7) is 1.60. The van der Waals surface area contributed by atoms with E-state index in [-0.39, 0.29) is 23.3 Å². The van der Waals surface area contributed by atoms with E-state index in [2.05, 4.69) is 14.7 Å². The predicted octanol–water partition coefficient (Wildman–Crippen LogP) is 4.76. The molecule has 1 N–H and O–H groups in total. The topological polar surface area (TPSA) is 95.6 Å². The van der Waals surface area contributed by atoms with Gasteiger partial charge in [0.05, 0.1) is 12.5 Å². The van der Waals surface area contributed by atoms with Crippen molar-refractivity contribution in [2.24, 2.45) is 0 Å². The number of rotatable bonds is 5. The molecule has 0 bridgehead atoms. The van der Waals surface area contributed by atoms with Crippen LogP contribution in [0.15, 0.2) is 36.5 Å². The van der Waals surface area contributed by atoms with Crippen molar-refractivity contribution in [3.8, 4) is 5.75 Å². The largest absolute Gasteiger partial charge is 0.573 e. The van der Waals surface area contributed by atoms with E-state index in [0.29, 0.717) is 68.5 Å². The Morgan fingerprint density at radius 3 is 2.23 bits per heavy atom. The van der Waals surface area contributed by atoms with E-state index in [1.807, 2.05) is 6.07 Å². The zero-order valence-corrected chi connectivity index (χ0v) is 22.0. The van der Waals surface area contributed by atoms with Gasteiger partial charge < -0.3 is 14.6 Å². The van der Waals surface area contributed by atoms with Crippen molar-refractivity contribution in [2.45, 2.75) is 43.9 Å². The molecule has 0 atom stereocenters. The van der Waals surface area contributed by atoms with Crippen LogP contribution < -0.4 is 4.74 Å². The molecule has 2 fully saturated rings. The number of hydrogen-bond acceptors (Lipinski definition) is 5. The van der Waals surface area contributed by atoms with E-state index < -0.39 is 28.0 Å². The third kappa shape index (κ3) is 6.03. The minimum atomic E-state index is -4.81. The number of pyridine rings is 1. The SMILES string of the molecule is CS(=O)(=O)N1CCC(c2cc3c(C4CCN(C(=O)c5ccc(OC(F)(F)F)cc5)CC4)c(F)cnc3[nH]2)CC1. The molecule has 210 valence electrons. The maximum atomic E-state index is 15.1. The highest BCUT2D eigenvalue weighted by Gasteiger charge is 2.32. The summed E-state index contributed by atoms with van der Waals surface area (Å²) in [5.41, 5.74) is 2.28. The lowest BCUT2D eigenvalue weighted by atomic mass is 9.87. The first-order chi connectivity index (χ1) is 18.4. The first-order valence-corrected chi connectivity index (χ1v) is 14.5. The fraction of sp³-hybridized carbons (Fsp3) is 0.462. The molecule has 4 heterocycles. The lowest BCUT2D eigenvalue weighted by Crippen LogP contribution is -2.38. The lowest BCUT2D eigenvalue weighted by Gasteiger charge is -2.32. The van der Waals surface area contributed by atoms with E-state index in [1.54, 1.807) is 4.90 Å². The molecule has 2 aliphatic heterocycles. The molecule has 0 spiro atoms. The molecule has 1 amide bonds. The molecule has 1 aromatic carbocycles. The number of likely N-dealkylation sites (tertiary alicyclic amines) is 1. The third-order valence-corrected chi connectivity index (χ3v) is 8.86. The van der Waals surface area contributed by atoms with Crippen LogP contribution in [0.5, 0.6) is 5.75 Å². The van der Waals surface area contributed by atoms with Crippen molar-refractivity contribution >= 4 is 27.0 Å². The minimum Gasteiger partial charge on any atom is -0.406 e. The average Bonchev–Trinajstić information content (AvgIpc) is 3.32. The number of nitrogens with one attached hydrogen (secondary N) is 1. The molecule has 13 heteroatoms. The van der Waals surface area contributed by atoms with Crippen LogP contribution in [0, 0.1) is 5.82 Å². The highest BCUT2D eigenvalue weighted by Crippen LogP contribution is 2.37. The molecule has 0 saturated carbocycles. The second-order valence-corrected chi connectivity index (χ2v) is 12.1. The summed E-state index contributed by atoms with van der Waals surface area (Å²) >= 11 is 0. The van der Waals surface area contributed by atoms with Gasteiger partial charge in [0.2, 0.25) is 10.0 Å². The van der Waals surface area contributed by atoms with Crippen molar-refractivity contribution < 1.29 is 35.5 Å². The number of amides is 1. The smallest absolute Gasteiger partial charge is 0.406 e. The molecule has 3 aromatic rings. The number of carbonyl (C=O) groups excluding carboxylic acids is 1. The van der Waals surface area contributed by atoms with E-state index in [0.717, 1.165) is 17.8 Å². The number of ether oxygens (including phenoxy) is 1. The van der Waals surface area contributed by atoms with E-state index in [9.17, 15) is 26.4 Å². The van der Waals surface area contributed by atoms with E-state index in [1.165, 1.54) is 28.9 Å². The fourth-order valence-corrected chi connectivity index (χ4v) is 6.45. The van der Waals surface area contributed by atoms with E-state index in [4.69, 9.17) is 0 Å². The lowest BCUT2D eigenvalue weighted by molar-refractivity contribution is -0.274. The first-order valence-electron chi connectivity index (χ1n) is 12.7. The van der Waals surface area contributed by atoms with Crippen LogP contribution in [0.3, 0.4) is 0 Å². The predicted molar refractivity (Wildman–Crippen MR) is 135 cm³/mol. The number of hydrogen-bond donors (Lipinski definition) is 1. The van der Waals surface area contributed by atoms with Crippen molar-refractivity contribution in [3.63, 3.8) is 0 Å². The zero-order valence-electron chi connectivity index (χ0n) is 21.2. The molecule has 2 saturated heterocycles. The van der Waals surface area contributed by atoms with Gasteiger partial charge in [-0.05, 0) is 61.9 Å². The fourth-order valence-electron chi connectivity index (χ4n) is 5.58. The van der Waals surface area contributed by atoms with Gasteiger partial charge >= 0.3 is 6.36 Å². The molecule has 39 heavy (non-hydrogen) atoms. The number of H-pyrrole nitrogens is 1. The Bertz CT molecular complexity index is 1460. The average molecular weight is 569 g/mol. The number of alkyl halides is 3. The van der Waals surface area contributed by atoms with Gasteiger partial charge in [0.25, 0.3) is 5.91 Å². The monoisotopic (exact) mass is 568 g/mol. The van der Waals surface area contributed by atoms with Crippen LogP contribution in [-0.2, 0) is 10.0 Å². The van der Waals surface area contributed by atoms with Crippen LogP contribution in [0.25, 0.3) is 11.0 Å². The van der Waals surface area contributed by atoms with Crippen molar-refractivity contribution in [1.29, 1.82) is 0 Å². The standard InChI is InChI=1S/C26H28F4N4O4S/c1-39(36,37)34-12-8-16(9-13-34)22-14-20-23(21(27)15-31-24(20)32-22)17-6-10-33(11-7-17)25(35)18-2-4-19(5-3-18)38-26(28,29)30/h2-5,14-17H,6-13H2,1H3,(H,31,32). The summed E-state index contributed by atoms with van der Waals surface area (Å²) in [6, 6.07) is 6.71. The Kier molecular flexibility index (Phi) is 7.31. The van der Waals surface area contributed by atoms with Gasteiger partial charge in [0.1, 0.15) is 17.2 Å². The van der Waals surface area contributed by atoms with Gasteiger partial charge in [0, 0.05) is 54.3 Å². The molecule has 8 nitrogen and oxygen atoms in total. The Hall–Kier alpha value is -3.19. The number of benzene rings is 1. The molecule has 5 rings (SSSR count).